The maximum absolute atomic E-state index is 14.5. The number of hydrogen-bond donors (Lipinski definition) is 1. The zero-order chi connectivity index (χ0) is 28.5. The molecule has 3 aromatic heterocycles. The van der Waals surface area contributed by atoms with Gasteiger partial charge in [-0.3, -0.25) is 4.90 Å². The van der Waals surface area contributed by atoms with Crippen molar-refractivity contribution in [3.63, 3.8) is 0 Å². The lowest BCUT2D eigenvalue weighted by atomic mass is 9.93. The van der Waals surface area contributed by atoms with Crippen molar-refractivity contribution in [2.75, 3.05) is 19.7 Å². The number of pyridine rings is 1. The van der Waals surface area contributed by atoms with Crippen molar-refractivity contribution in [3.05, 3.63) is 81.4 Å². The van der Waals surface area contributed by atoms with Crippen LogP contribution in [0.25, 0.3) is 15.2 Å². The molecule has 0 bridgehead atoms. The van der Waals surface area contributed by atoms with Crippen LogP contribution in [0.1, 0.15) is 51.9 Å². The number of carboxylic acids is 1. The summed E-state index contributed by atoms with van der Waals surface area (Å²) in [5.74, 6) is -1.30. The van der Waals surface area contributed by atoms with E-state index >= 15 is 0 Å². The largest absolute Gasteiger partial charge is 0.477 e. The minimum Gasteiger partial charge on any atom is -0.477 e. The number of carboxylic acid groups (broad SMARTS) is 1. The number of halogens is 2. The molecule has 0 radical (unpaired) electrons. The number of hydrogen-bond acceptors (Lipinski definition) is 7. The van der Waals surface area contributed by atoms with Gasteiger partial charge >= 0.3 is 5.97 Å². The Morgan fingerprint density at radius 1 is 1.15 bits per heavy atom. The van der Waals surface area contributed by atoms with Gasteiger partial charge in [-0.2, -0.15) is 0 Å². The molecule has 0 amide bonds. The molecule has 1 atom stereocenters. The topological polar surface area (TPSA) is 94.1 Å². The minimum absolute atomic E-state index is 0.112. The smallest absolute Gasteiger partial charge is 0.346 e. The molecule has 2 aliphatic rings. The molecule has 1 unspecified atom stereocenters. The zero-order valence-corrected chi connectivity index (χ0v) is 22.9. The third kappa shape index (κ3) is 5.79. The fourth-order valence-electron chi connectivity index (χ4n) is 5.25. The molecule has 6 rings (SSSR count). The van der Waals surface area contributed by atoms with Crippen LogP contribution < -0.4 is 4.74 Å². The number of ether oxygens (including phenoxy) is 2. The molecule has 2 fully saturated rings. The molecule has 2 aliphatic heterocycles. The molecule has 5 heterocycles. The fraction of sp³-hybridized carbons (Fsp3) is 0.379. The van der Waals surface area contributed by atoms with Gasteiger partial charge in [0, 0.05) is 23.8 Å². The highest BCUT2D eigenvalue weighted by Gasteiger charge is 2.27. The predicted molar refractivity (Wildman–Crippen MR) is 147 cm³/mol. The first-order chi connectivity index (χ1) is 19.9. The number of likely N-dealkylation sites (tertiary alicyclic amines) is 1. The van der Waals surface area contributed by atoms with E-state index in [1.807, 2.05) is 0 Å². The van der Waals surface area contributed by atoms with Crippen LogP contribution in [-0.4, -0.2) is 56.3 Å². The van der Waals surface area contributed by atoms with Crippen LogP contribution in [0.15, 0.2) is 36.4 Å². The molecule has 1 aromatic carbocycles. The summed E-state index contributed by atoms with van der Waals surface area (Å²) in [5, 5.41) is 9.41. The van der Waals surface area contributed by atoms with E-state index in [-0.39, 0.29) is 40.6 Å². The maximum atomic E-state index is 14.5. The summed E-state index contributed by atoms with van der Waals surface area (Å²) in [6, 6.07) is 8.78. The average Bonchev–Trinajstić information content (AvgIpc) is 3.49. The van der Waals surface area contributed by atoms with Crippen molar-refractivity contribution < 1.29 is 28.2 Å². The number of fused-ring (bicyclic) bond motifs is 1. The second kappa shape index (κ2) is 11.5. The van der Waals surface area contributed by atoms with Gasteiger partial charge in [0.2, 0.25) is 0 Å². The lowest BCUT2D eigenvalue weighted by Gasteiger charge is -2.32. The number of aromatic nitrogens is 3. The predicted octanol–water partition coefficient (Wildman–Crippen LogP) is 5.77. The molecule has 0 spiro atoms. The number of aromatic carboxylic acids is 1. The van der Waals surface area contributed by atoms with Crippen molar-refractivity contribution >= 4 is 33.3 Å². The standard InChI is InChI=1S/C29H27F2N5O4S/c1-32-19-3-2-18(22(31)12-19)16-40-27-21(30)4-5-23(33-27)17-6-9-35(10-7-17)15-26-34-28-24(13-25(41-28)29(37)38)36(26)14-20-8-11-39-20/h2-5,12-13,17,20H,6-11,14-16H2,(H,37,38). The maximum Gasteiger partial charge on any atom is 0.346 e. The lowest BCUT2D eigenvalue weighted by Crippen LogP contribution is -2.35. The normalized spacial score (nSPS) is 17.8. The molecule has 2 saturated heterocycles. The quantitative estimate of drug-likeness (QED) is 0.252. The summed E-state index contributed by atoms with van der Waals surface area (Å²) in [6.45, 7) is 10.4. The molecular formula is C29H27F2N5O4S. The fourth-order valence-corrected chi connectivity index (χ4v) is 6.14. The highest BCUT2D eigenvalue weighted by molar-refractivity contribution is 7.20. The van der Waals surface area contributed by atoms with Gasteiger partial charge in [-0.15, -0.1) is 11.3 Å². The van der Waals surface area contributed by atoms with Gasteiger partial charge in [0.15, 0.2) is 11.5 Å². The summed E-state index contributed by atoms with van der Waals surface area (Å²) in [7, 11) is 0. The van der Waals surface area contributed by atoms with E-state index in [2.05, 4.69) is 19.3 Å². The SMILES string of the molecule is [C-]#[N+]c1ccc(COc2nc(C3CCN(Cc4nc5sc(C(=O)O)cc5n4CC4CCO4)CC3)ccc2F)c(F)c1. The van der Waals surface area contributed by atoms with Gasteiger partial charge in [-0.1, -0.05) is 12.1 Å². The Morgan fingerprint density at radius 3 is 2.63 bits per heavy atom. The number of nitrogens with zero attached hydrogens (tertiary/aromatic N) is 5. The summed E-state index contributed by atoms with van der Waals surface area (Å²) < 4.78 is 42.0. The minimum atomic E-state index is -0.951. The number of rotatable bonds is 9. The van der Waals surface area contributed by atoms with E-state index < -0.39 is 17.6 Å². The highest BCUT2D eigenvalue weighted by Crippen LogP contribution is 2.32. The highest BCUT2D eigenvalue weighted by atomic mass is 32.1. The van der Waals surface area contributed by atoms with Crippen LogP contribution in [-0.2, 0) is 24.4 Å². The molecular weight excluding hydrogens is 552 g/mol. The molecule has 41 heavy (non-hydrogen) atoms. The Hall–Kier alpha value is -3.92. The first-order valence-electron chi connectivity index (χ1n) is 13.4. The van der Waals surface area contributed by atoms with Gasteiger partial charge in [0.25, 0.3) is 5.88 Å². The van der Waals surface area contributed by atoms with Crippen LogP contribution in [0.5, 0.6) is 5.88 Å². The van der Waals surface area contributed by atoms with Crippen LogP contribution in [0.3, 0.4) is 0 Å². The monoisotopic (exact) mass is 579 g/mol. The van der Waals surface area contributed by atoms with Crippen LogP contribution in [0.4, 0.5) is 14.5 Å². The van der Waals surface area contributed by atoms with Crippen molar-refractivity contribution in [1.82, 2.24) is 19.4 Å². The number of benzene rings is 1. The van der Waals surface area contributed by atoms with Gasteiger partial charge < -0.3 is 19.1 Å². The molecule has 9 nitrogen and oxygen atoms in total. The summed E-state index contributed by atoms with van der Waals surface area (Å²) in [6.07, 6.45) is 2.71. The first-order valence-corrected chi connectivity index (χ1v) is 14.2. The van der Waals surface area contributed by atoms with Crippen molar-refractivity contribution in [2.45, 2.75) is 51.0 Å². The van der Waals surface area contributed by atoms with Gasteiger partial charge in [-0.05, 0) is 56.6 Å². The molecule has 1 N–H and O–H groups in total. The zero-order valence-electron chi connectivity index (χ0n) is 22.1. The van der Waals surface area contributed by atoms with Gasteiger partial charge in [0.1, 0.15) is 28.0 Å². The second-order valence-electron chi connectivity index (χ2n) is 10.3. The third-order valence-corrected chi connectivity index (χ3v) is 8.66. The van der Waals surface area contributed by atoms with Crippen LogP contribution in [0, 0.1) is 18.2 Å². The Kier molecular flexibility index (Phi) is 7.66. The molecule has 12 heteroatoms. The number of piperidine rings is 1. The second-order valence-corrected chi connectivity index (χ2v) is 11.3. The first kappa shape index (κ1) is 27.3. The van der Waals surface area contributed by atoms with E-state index in [9.17, 15) is 18.7 Å². The van der Waals surface area contributed by atoms with Crippen molar-refractivity contribution in [2.24, 2.45) is 0 Å². The van der Waals surface area contributed by atoms with Gasteiger partial charge in [0.05, 0.1) is 31.3 Å². The third-order valence-electron chi connectivity index (χ3n) is 7.65. The number of imidazole rings is 1. The van der Waals surface area contributed by atoms with Crippen LogP contribution >= 0.6 is 11.3 Å². The van der Waals surface area contributed by atoms with E-state index in [1.54, 1.807) is 12.1 Å². The van der Waals surface area contributed by atoms with E-state index in [1.165, 1.54) is 29.5 Å². The van der Waals surface area contributed by atoms with E-state index in [4.69, 9.17) is 21.0 Å². The van der Waals surface area contributed by atoms with Gasteiger partial charge in [-0.25, -0.2) is 28.4 Å². The molecule has 4 aromatic rings. The molecule has 0 aliphatic carbocycles. The van der Waals surface area contributed by atoms with Crippen molar-refractivity contribution in [1.29, 1.82) is 0 Å². The van der Waals surface area contributed by atoms with Crippen LogP contribution in [0.2, 0.25) is 0 Å². The average molecular weight is 580 g/mol. The van der Waals surface area contributed by atoms with Crippen molar-refractivity contribution in [3.8, 4) is 5.88 Å². The Labute approximate surface area is 238 Å². The summed E-state index contributed by atoms with van der Waals surface area (Å²) in [4.78, 5) is 27.2. The number of carbonyl (C=O) groups is 1. The molecule has 212 valence electrons. The Bertz CT molecular complexity index is 1640. The van der Waals surface area contributed by atoms with E-state index in [0.29, 0.717) is 13.1 Å². The Balaban J connectivity index is 1.10. The lowest BCUT2D eigenvalue weighted by molar-refractivity contribution is -0.0592. The summed E-state index contributed by atoms with van der Waals surface area (Å²) >= 11 is 1.19. The summed E-state index contributed by atoms with van der Waals surface area (Å²) in [5.41, 5.74) is 1.97. The molecule has 0 saturated carbocycles. The van der Waals surface area contributed by atoms with E-state index in [0.717, 1.165) is 66.9 Å². The number of thiophene rings is 1. The Morgan fingerprint density at radius 2 is 1.95 bits per heavy atom.